The third-order valence-electron chi connectivity index (χ3n) is 3.60. The summed E-state index contributed by atoms with van der Waals surface area (Å²) in [6.07, 6.45) is 4.24. The zero-order chi connectivity index (χ0) is 14.3. The van der Waals surface area contributed by atoms with Crippen molar-refractivity contribution in [2.75, 3.05) is 5.73 Å². The molecule has 1 aromatic heterocycles. The Kier molecular flexibility index (Phi) is 3.54. The first-order valence-electron chi connectivity index (χ1n) is 6.93. The van der Waals surface area contributed by atoms with Gasteiger partial charge in [-0.2, -0.15) is 0 Å². The molecule has 5 heteroatoms. The highest BCUT2D eigenvalue weighted by Gasteiger charge is 2.29. The molecule has 0 bridgehead atoms. The van der Waals surface area contributed by atoms with Crippen LogP contribution in [0.5, 0.6) is 0 Å². The Balaban J connectivity index is 2.08. The molecule has 0 radical (unpaired) electrons. The second kappa shape index (κ2) is 5.20. The van der Waals surface area contributed by atoms with Gasteiger partial charge < -0.3 is 10.3 Å². The number of hydrogen-bond donors (Lipinski definition) is 1. The number of nitrogen functional groups attached to an aromatic ring is 1. The third-order valence-corrected chi connectivity index (χ3v) is 4.24. The van der Waals surface area contributed by atoms with Crippen molar-refractivity contribution in [1.82, 2.24) is 9.55 Å². The molecule has 1 fully saturated rings. The largest absolute Gasteiger partial charge is 0.383 e. The Morgan fingerprint density at radius 3 is 2.80 bits per heavy atom. The van der Waals surface area contributed by atoms with Gasteiger partial charge in [0.2, 0.25) is 0 Å². The first-order valence-corrected chi connectivity index (χ1v) is 7.73. The molecule has 106 valence electrons. The second-order valence-electron chi connectivity index (χ2n) is 5.24. The Labute approximate surface area is 126 Å². The lowest BCUT2D eigenvalue weighted by Crippen LogP contribution is -2.05. The summed E-state index contributed by atoms with van der Waals surface area (Å²) in [5, 5.41) is 0. The average Bonchev–Trinajstić information content (AvgIpc) is 3.19. The SMILES string of the molecule is CCCc1nc(-c2ccc(Br)c(F)c2)c(N)n1C1CC1. The summed E-state index contributed by atoms with van der Waals surface area (Å²) < 4.78 is 16.3. The number of anilines is 1. The summed E-state index contributed by atoms with van der Waals surface area (Å²) in [6.45, 7) is 2.13. The molecule has 3 rings (SSSR count). The lowest BCUT2D eigenvalue weighted by atomic mass is 10.1. The number of benzene rings is 1. The molecule has 1 aliphatic rings. The van der Waals surface area contributed by atoms with Gasteiger partial charge in [0.1, 0.15) is 23.2 Å². The summed E-state index contributed by atoms with van der Waals surface area (Å²) >= 11 is 3.17. The fraction of sp³-hybridized carbons (Fsp3) is 0.400. The molecular weight excluding hydrogens is 321 g/mol. The fourth-order valence-electron chi connectivity index (χ4n) is 2.49. The minimum atomic E-state index is -0.292. The van der Waals surface area contributed by atoms with E-state index in [0.717, 1.165) is 37.1 Å². The van der Waals surface area contributed by atoms with Crippen LogP contribution >= 0.6 is 15.9 Å². The molecule has 0 spiro atoms. The zero-order valence-electron chi connectivity index (χ0n) is 11.4. The molecule has 0 unspecified atom stereocenters. The molecule has 3 nitrogen and oxygen atoms in total. The van der Waals surface area contributed by atoms with Gasteiger partial charge in [0.05, 0.1) is 4.47 Å². The smallest absolute Gasteiger partial charge is 0.138 e. The summed E-state index contributed by atoms with van der Waals surface area (Å²) in [5.41, 5.74) is 7.70. The van der Waals surface area contributed by atoms with Crippen molar-refractivity contribution in [3.05, 3.63) is 34.3 Å². The topological polar surface area (TPSA) is 43.8 Å². The molecular formula is C15H17BrFN3. The van der Waals surface area contributed by atoms with E-state index in [2.05, 4.69) is 32.4 Å². The van der Waals surface area contributed by atoms with E-state index in [-0.39, 0.29) is 5.82 Å². The molecule has 1 heterocycles. The number of hydrogen-bond acceptors (Lipinski definition) is 2. The number of rotatable bonds is 4. The van der Waals surface area contributed by atoms with Crippen LogP contribution < -0.4 is 5.73 Å². The van der Waals surface area contributed by atoms with Crippen molar-refractivity contribution in [2.45, 2.75) is 38.6 Å². The van der Waals surface area contributed by atoms with Crippen LogP contribution in [0.3, 0.4) is 0 Å². The van der Waals surface area contributed by atoms with E-state index in [4.69, 9.17) is 5.73 Å². The number of halogens is 2. The van der Waals surface area contributed by atoms with Crippen LogP contribution in [0.1, 0.15) is 38.1 Å². The predicted molar refractivity (Wildman–Crippen MR) is 82.0 cm³/mol. The minimum Gasteiger partial charge on any atom is -0.383 e. The number of imidazole rings is 1. The Morgan fingerprint density at radius 2 is 2.20 bits per heavy atom. The van der Waals surface area contributed by atoms with Crippen LogP contribution in [0.4, 0.5) is 10.2 Å². The van der Waals surface area contributed by atoms with Gasteiger partial charge >= 0.3 is 0 Å². The van der Waals surface area contributed by atoms with Gasteiger partial charge in [-0.15, -0.1) is 0 Å². The van der Waals surface area contributed by atoms with Crippen LogP contribution in [0, 0.1) is 5.82 Å². The highest BCUT2D eigenvalue weighted by molar-refractivity contribution is 9.10. The normalized spacial score (nSPS) is 14.8. The first-order chi connectivity index (χ1) is 9.61. The summed E-state index contributed by atoms with van der Waals surface area (Å²) in [6, 6.07) is 5.51. The molecule has 2 N–H and O–H groups in total. The monoisotopic (exact) mass is 337 g/mol. The maximum atomic E-state index is 13.7. The lowest BCUT2D eigenvalue weighted by Gasteiger charge is -2.07. The van der Waals surface area contributed by atoms with Crippen molar-refractivity contribution >= 4 is 21.7 Å². The van der Waals surface area contributed by atoms with Crippen molar-refractivity contribution in [1.29, 1.82) is 0 Å². The maximum absolute atomic E-state index is 13.7. The molecule has 1 aliphatic carbocycles. The van der Waals surface area contributed by atoms with E-state index in [1.807, 2.05) is 6.07 Å². The van der Waals surface area contributed by atoms with Crippen molar-refractivity contribution < 1.29 is 4.39 Å². The molecule has 0 atom stereocenters. The van der Waals surface area contributed by atoms with E-state index < -0.39 is 0 Å². The Hall–Kier alpha value is -1.36. The number of aryl methyl sites for hydroxylation is 1. The minimum absolute atomic E-state index is 0.292. The lowest BCUT2D eigenvalue weighted by molar-refractivity contribution is 0.621. The number of nitrogens with zero attached hydrogens (tertiary/aromatic N) is 2. The molecule has 0 amide bonds. The van der Waals surface area contributed by atoms with Crippen LogP contribution in [0.2, 0.25) is 0 Å². The maximum Gasteiger partial charge on any atom is 0.138 e. The van der Waals surface area contributed by atoms with Gasteiger partial charge in [0.15, 0.2) is 0 Å². The number of nitrogens with two attached hydrogens (primary N) is 1. The third kappa shape index (κ3) is 2.35. The Morgan fingerprint density at radius 1 is 1.45 bits per heavy atom. The molecule has 2 aromatic rings. The van der Waals surface area contributed by atoms with E-state index in [1.54, 1.807) is 6.07 Å². The molecule has 20 heavy (non-hydrogen) atoms. The van der Waals surface area contributed by atoms with E-state index in [0.29, 0.717) is 22.0 Å². The summed E-state index contributed by atoms with van der Waals surface area (Å²) in [7, 11) is 0. The van der Waals surface area contributed by atoms with E-state index in [1.165, 1.54) is 6.07 Å². The van der Waals surface area contributed by atoms with Crippen molar-refractivity contribution in [3.8, 4) is 11.3 Å². The van der Waals surface area contributed by atoms with E-state index in [9.17, 15) is 4.39 Å². The second-order valence-corrected chi connectivity index (χ2v) is 6.10. The van der Waals surface area contributed by atoms with Gasteiger partial charge in [-0.05, 0) is 47.3 Å². The van der Waals surface area contributed by atoms with Crippen LogP contribution in [0.15, 0.2) is 22.7 Å². The Bertz CT molecular complexity index is 647. The fourth-order valence-corrected chi connectivity index (χ4v) is 2.74. The van der Waals surface area contributed by atoms with Crippen LogP contribution in [0.25, 0.3) is 11.3 Å². The highest BCUT2D eigenvalue weighted by Crippen LogP contribution is 2.41. The van der Waals surface area contributed by atoms with Gasteiger partial charge in [0.25, 0.3) is 0 Å². The van der Waals surface area contributed by atoms with Crippen molar-refractivity contribution in [2.24, 2.45) is 0 Å². The van der Waals surface area contributed by atoms with Gasteiger partial charge in [-0.1, -0.05) is 13.0 Å². The van der Waals surface area contributed by atoms with E-state index >= 15 is 0 Å². The standard InChI is InChI=1S/C15H17BrFN3/c1-2-3-13-19-14(15(18)20(13)10-5-6-10)9-4-7-11(16)12(17)8-9/h4,7-8,10H,2-3,5-6,18H2,1H3. The van der Waals surface area contributed by atoms with Gasteiger partial charge in [-0.25, -0.2) is 9.37 Å². The number of aromatic nitrogens is 2. The summed E-state index contributed by atoms with van der Waals surface area (Å²) in [5.74, 6) is 1.39. The first kappa shape index (κ1) is 13.6. The van der Waals surface area contributed by atoms with Gasteiger partial charge in [0, 0.05) is 18.0 Å². The van der Waals surface area contributed by atoms with Crippen LogP contribution in [-0.4, -0.2) is 9.55 Å². The quantitative estimate of drug-likeness (QED) is 0.902. The molecule has 1 aromatic carbocycles. The molecule has 0 saturated heterocycles. The summed E-state index contributed by atoms with van der Waals surface area (Å²) in [4.78, 5) is 4.66. The predicted octanol–water partition coefficient (Wildman–Crippen LogP) is 4.32. The highest BCUT2D eigenvalue weighted by atomic mass is 79.9. The van der Waals surface area contributed by atoms with Crippen LogP contribution in [-0.2, 0) is 6.42 Å². The zero-order valence-corrected chi connectivity index (χ0v) is 13.0. The molecule has 1 saturated carbocycles. The molecule has 0 aliphatic heterocycles. The van der Waals surface area contributed by atoms with Crippen molar-refractivity contribution in [3.63, 3.8) is 0 Å². The average molecular weight is 338 g/mol. The van der Waals surface area contributed by atoms with Gasteiger partial charge in [-0.3, -0.25) is 0 Å².